The summed E-state index contributed by atoms with van der Waals surface area (Å²) in [6.07, 6.45) is 4.03. The molecule has 1 aliphatic heterocycles. The number of benzene rings is 1. The van der Waals surface area contributed by atoms with Gasteiger partial charge in [-0.3, -0.25) is 9.69 Å². The van der Waals surface area contributed by atoms with Gasteiger partial charge in [0.1, 0.15) is 17.0 Å². The maximum absolute atomic E-state index is 12.7. The van der Waals surface area contributed by atoms with Crippen molar-refractivity contribution in [1.82, 2.24) is 10.2 Å². The Morgan fingerprint density at radius 1 is 1.08 bits per heavy atom. The van der Waals surface area contributed by atoms with Gasteiger partial charge in [0.25, 0.3) is 5.91 Å². The molecule has 7 nitrogen and oxygen atoms in total. The summed E-state index contributed by atoms with van der Waals surface area (Å²) < 4.78 is 29.7. The average Bonchev–Trinajstić information content (AvgIpc) is 2.75. The lowest BCUT2D eigenvalue weighted by molar-refractivity contribution is -0.132. The minimum absolute atomic E-state index is 0.209. The van der Waals surface area contributed by atoms with Crippen LogP contribution in [0, 0.1) is 13.8 Å². The molecule has 2 fully saturated rings. The predicted molar refractivity (Wildman–Crippen MR) is 96.4 cm³/mol. The maximum atomic E-state index is 12.7. The topological polar surface area (TPSA) is 92.8 Å². The van der Waals surface area contributed by atoms with Gasteiger partial charge in [-0.05, 0) is 49.9 Å². The zero-order chi connectivity index (χ0) is 18.9. The lowest BCUT2D eigenvalue weighted by atomic mass is 9.82. The van der Waals surface area contributed by atoms with E-state index in [0.29, 0.717) is 12.8 Å². The van der Waals surface area contributed by atoms with E-state index in [9.17, 15) is 18.0 Å². The van der Waals surface area contributed by atoms with E-state index in [1.54, 1.807) is 12.1 Å². The summed E-state index contributed by atoms with van der Waals surface area (Å²) in [6, 6.07) is 4.67. The first-order valence-corrected chi connectivity index (χ1v) is 10.4. The van der Waals surface area contributed by atoms with Crippen LogP contribution in [0.5, 0.6) is 5.75 Å². The van der Waals surface area contributed by atoms with Crippen molar-refractivity contribution in [2.45, 2.75) is 51.5 Å². The molecular formula is C18H24N2O5S. The number of urea groups is 1. The van der Waals surface area contributed by atoms with Gasteiger partial charge in [0.2, 0.25) is 0 Å². The Morgan fingerprint density at radius 2 is 1.69 bits per heavy atom. The van der Waals surface area contributed by atoms with E-state index < -0.39 is 27.4 Å². The zero-order valence-corrected chi connectivity index (χ0v) is 15.9. The molecule has 0 radical (unpaired) electrons. The lowest BCUT2D eigenvalue weighted by Gasteiger charge is -2.30. The average molecular weight is 380 g/mol. The predicted octanol–water partition coefficient (Wildman–Crippen LogP) is 2.27. The zero-order valence-electron chi connectivity index (χ0n) is 15.1. The third-order valence-corrected chi connectivity index (χ3v) is 6.07. The van der Waals surface area contributed by atoms with Crippen LogP contribution in [-0.4, -0.2) is 43.1 Å². The highest BCUT2D eigenvalue weighted by molar-refractivity contribution is 7.87. The van der Waals surface area contributed by atoms with E-state index in [1.165, 1.54) is 0 Å². The summed E-state index contributed by atoms with van der Waals surface area (Å²) in [4.78, 5) is 25.9. The van der Waals surface area contributed by atoms with Crippen LogP contribution >= 0.6 is 0 Å². The van der Waals surface area contributed by atoms with Crippen molar-refractivity contribution in [2.24, 2.45) is 0 Å². The summed E-state index contributed by atoms with van der Waals surface area (Å²) in [5.74, 6) is -0.512. The second-order valence-electron chi connectivity index (χ2n) is 7.20. The second kappa shape index (κ2) is 6.90. The smallest absolute Gasteiger partial charge is 0.325 e. The number of aryl methyl sites for hydroxylation is 2. The van der Waals surface area contributed by atoms with Crippen LogP contribution < -0.4 is 9.50 Å². The van der Waals surface area contributed by atoms with Crippen LogP contribution in [0.4, 0.5) is 4.79 Å². The van der Waals surface area contributed by atoms with Crippen LogP contribution in [0.1, 0.15) is 43.2 Å². The molecule has 1 aromatic rings. The SMILES string of the molecule is Cc1cc(C)cc(OS(=O)(=O)CCN2C(=O)NC3(CCCCC3)C2=O)c1. The molecule has 3 amide bonds. The van der Waals surface area contributed by atoms with Crippen molar-refractivity contribution in [3.8, 4) is 5.75 Å². The Balaban J connectivity index is 1.65. The molecular weight excluding hydrogens is 356 g/mol. The molecule has 26 heavy (non-hydrogen) atoms. The highest BCUT2D eigenvalue weighted by Crippen LogP contribution is 2.33. The molecule has 1 heterocycles. The Labute approximate surface area is 153 Å². The highest BCUT2D eigenvalue weighted by Gasteiger charge is 2.51. The van der Waals surface area contributed by atoms with Crippen molar-refractivity contribution in [1.29, 1.82) is 0 Å². The standard InChI is InChI=1S/C18H24N2O5S/c1-13-10-14(2)12-15(11-13)25-26(23,24)9-8-20-16(21)18(19-17(20)22)6-4-3-5-7-18/h10-12H,3-9H2,1-2H3,(H,19,22). The van der Waals surface area contributed by atoms with E-state index in [4.69, 9.17) is 4.18 Å². The molecule has 1 spiro atoms. The highest BCUT2D eigenvalue weighted by atomic mass is 32.2. The van der Waals surface area contributed by atoms with Crippen LogP contribution in [0.15, 0.2) is 18.2 Å². The van der Waals surface area contributed by atoms with Crippen molar-refractivity contribution < 1.29 is 22.2 Å². The van der Waals surface area contributed by atoms with Crippen molar-refractivity contribution in [2.75, 3.05) is 12.3 Å². The Kier molecular flexibility index (Phi) is 4.96. The van der Waals surface area contributed by atoms with Gasteiger partial charge in [0, 0.05) is 6.54 Å². The van der Waals surface area contributed by atoms with Crippen molar-refractivity contribution in [3.05, 3.63) is 29.3 Å². The number of hydrogen-bond donors (Lipinski definition) is 1. The molecule has 1 saturated heterocycles. The molecule has 3 rings (SSSR count). The monoisotopic (exact) mass is 380 g/mol. The lowest BCUT2D eigenvalue weighted by Crippen LogP contribution is -2.48. The van der Waals surface area contributed by atoms with Crippen LogP contribution in [-0.2, 0) is 14.9 Å². The number of imide groups is 1. The Bertz CT molecular complexity index is 808. The van der Waals surface area contributed by atoms with Gasteiger partial charge in [-0.1, -0.05) is 25.3 Å². The van der Waals surface area contributed by atoms with Gasteiger partial charge in [-0.25, -0.2) is 4.79 Å². The molecule has 1 N–H and O–H groups in total. The Hall–Kier alpha value is -2.09. The third-order valence-electron chi connectivity index (χ3n) is 4.94. The number of amides is 3. The molecule has 1 saturated carbocycles. The number of rotatable bonds is 5. The molecule has 1 aliphatic carbocycles. The summed E-state index contributed by atoms with van der Waals surface area (Å²) in [5, 5.41) is 2.77. The van der Waals surface area contributed by atoms with E-state index >= 15 is 0 Å². The first-order valence-electron chi connectivity index (χ1n) is 8.85. The van der Waals surface area contributed by atoms with Crippen LogP contribution in [0.25, 0.3) is 0 Å². The van der Waals surface area contributed by atoms with E-state index in [2.05, 4.69) is 5.32 Å². The van der Waals surface area contributed by atoms with Crippen molar-refractivity contribution in [3.63, 3.8) is 0 Å². The number of nitrogens with zero attached hydrogens (tertiary/aromatic N) is 1. The number of carbonyl (C=O) groups is 2. The molecule has 0 unspecified atom stereocenters. The molecule has 0 bridgehead atoms. The minimum Gasteiger partial charge on any atom is -0.382 e. The first kappa shape index (κ1) is 18.7. The van der Waals surface area contributed by atoms with Gasteiger partial charge in [-0.2, -0.15) is 8.42 Å². The minimum atomic E-state index is -3.92. The van der Waals surface area contributed by atoms with E-state index in [0.717, 1.165) is 35.3 Å². The Morgan fingerprint density at radius 3 is 2.31 bits per heavy atom. The molecule has 2 aliphatic rings. The van der Waals surface area contributed by atoms with Gasteiger partial charge < -0.3 is 9.50 Å². The van der Waals surface area contributed by atoms with Crippen LogP contribution in [0.2, 0.25) is 0 Å². The fourth-order valence-corrected chi connectivity index (χ4v) is 4.62. The fraction of sp³-hybridized carbons (Fsp3) is 0.556. The number of carbonyl (C=O) groups excluding carboxylic acids is 2. The van der Waals surface area contributed by atoms with Gasteiger partial charge in [0.15, 0.2) is 0 Å². The summed E-state index contributed by atoms with van der Waals surface area (Å²) in [5.41, 5.74) is 0.945. The second-order valence-corrected chi connectivity index (χ2v) is 8.89. The summed E-state index contributed by atoms with van der Waals surface area (Å²) in [6.45, 7) is 3.49. The molecule has 142 valence electrons. The molecule has 1 aromatic carbocycles. The van der Waals surface area contributed by atoms with Gasteiger partial charge >= 0.3 is 16.1 Å². The van der Waals surface area contributed by atoms with Crippen LogP contribution in [0.3, 0.4) is 0 Å². The molecule has 8 heteroatoms. The first-order chi connectivity index (χ1) is 12.2. The van der Waals surface area contributed by atoms with Crippen molar-refractivity contribution >= 4 is 22.1 Å². The number of nitrogens with one attached hydrogen (secondary N) is 1. The molecule has 0 aromatic heterocycles. The maximum Gasteiger partial charge on any atom is 0.325 e. The quantitative estimate of drug-likeness (QED) is 0.625. The van der Waals surface area contributed by atoms with Gasteiger partial charge in [0.05, 0.1) is 0 Å². The third kappa shape index (κ3) is 3.85. The van der Waals surface area contributed by atoms with E-state index in [1.807, 2.05) is 19.9 Å². The van der Waals surface area contributed by atoms with E-state index in [-0.39, 0.29) is 18.2 Å². The normalized spacial score (nSPS) is 19.7. The largest absolute Gasteiger partial charge is 0.382 e. The number of hydrogen-bond acceptors (Lipinski definition) is 5. The summed E-state index contributed by atoms with van der Waals surface area (Å²) in [7, 11) is -3.92. The molecule has 0 atom stereocenters. The van der Waals surface area contributed by atoms with Gasteiger partial charge in [-0.15, -0.1) is 0 Å². The summed E-state index contributed by atoms with van der Waals surface area (Å²) >= 11 is 0. The fourth-order valence-electron chi connectivity index (χ4n) is 3.75.